The summed E-state index contributed by atoms with van der Waals surface area (Å²) < 4.78 is 1.75. The van der Waals surface area contributed by atoms with E-state index in [9.17, 15) is 0 Å². The van der Waals surface area contributed by atoms with E-state index in [0.29, 0.717) is 5.82 Å². The second-order valence-corrected chi connectivity index (χ2v) is 4.10. The van der Waals surface area contributed by atoms with Crippen molar-refractivity contribution in [3.8, 4) is 11.3 Å². The lowest BCUT2D eigenvalue weighted by atomic mass is 10.2. The maximum absolute atomic E-state index is 5.80. The van der Waals surface area contributed by atoms with E-state index in [1.165, 1.54) is 0 Å². The van der Waals surface area contributed by atoms with Gasteiger partial charge in [0.05, 0.1) is 11.9 Å². The zero-order valence-corrected chi connectivity index (χ0v) is 10.2. The Balaban J connectivity index is 2.31. The third kappa shape index (κ3) is 2.81. The minimum absolute atomic E-state index is 0.518. The summed E-state index contributed by atoms with van der Waals surface area (Å²) in [6.45, 7) is 2.15. The third-order valence-corrected chi connectivity index (χ3v) is 2.55. The van der Waals surface area contributed by atoms with Crippen LogP contribution in [-0.4, -0.2) is 19.7 Å². The van der Waals surface area contributed by atoms with Gasteiger partial charge in [0.2, 0.25) is 0 Å². The maximum atomic E-state index is 5.80. The summed E-state index contributed by atoms with van der Waals surface area (Å²) in [6.07, 6.45) is 6.78. The largest absolute Gasteiger partial charge is 0.384 e. The Hall–Kier alpha value is -1.91. The van der Waals surface area contributed by atoms with Gasteiger partial charge in [-0.05, 0) is 6.42 Å². The molecule has 0 bridgehead atoms. The van der Waals surface area contributed by atoms with Crippen LogP contribution in [0.5, 0.6) is 0 Å². The Morgan fingerprint density at radius 1 is 1.35 bits per heavy atom. The second kappa shape index (κ2) is 4.95. The van der Waals surface area contributed by atoms with Crippen LogP contribution in [0.15, 0.2) is 18.5 Å². The molecule has 17 heavy (non-hydrogen) atoms. The SMILES string of the molecule is CCCCc1nc(N)cc(-c2cnn(C)c2)n1. The summed E-state index contributed by atoms with van der Waals surface area (Å²) in [5.41, 5.74) is 7.61. The molecule has 0 saturated carbocycles. The van der Waals surface area contributed by atoms with Crippen molar-refractivity contribution in [1.29, 1.82) is 0 Å². The number of hydrogen-bond donors (Lipinski definition) is 1. The van der Waals surface area contributed by atoms with Crippen molar-refractivity contribution in [3.63, 3.8) is 0 Å². The van der Waals surface area contributed by atoms with Gasteiger partial charge in [-0.2, -0.15) is 5.10 Å². The highest BCUT2D eigenvalue weighted by molar-refractivity contribution is 5.60. The van der Waals surface area contributed by atoms with Crippen molar-refractivity contribution in [2.24, 2.45) is 7.05 Å². The third-order valence-electron chi connectivity index (χ3n) is 2.55. The first-order valence-corrected chi connectivity index (χ1v) is 5.81. The van der Waals surface area contributed by atoms with E-state index in [4.69, 9.17) is 5.73 Å². The first kappa shape index (κ1) is 11.6. The standard InChI is InChI=1S/C12H17N5/c1-3-4-5-12-15-10(6-11(13)16-12)9-7-14-17(2)8-9/h6-8H,3-5H2,1-2H3,(H2,13,15,16). The molecule has 0 saturated heterocycles. The van der Waals surface area contributed by atoms with Crippen molar-refractivity contribution >= 4 is 5.82 Å². The van der Waals surface area contributed by atoms with Gasteiger partial charge in [0.15, 0.2) is 0 Å². The van der Waals surface area contributed by atoms with E-state index in [1.807, 2.05) is 13.2 Å². The number of rotatable bonds is 4. The first-order chi connectivity index (χ1) is 8.19. The predicted molar refractivity (Wildman–Crippen MR) is 67.3 cm³/mol. The van der Waals surface area contributed by atoms with Gasteiger partial charge in [0.25, 0.3) is 0 Å². The van der Waals surface area contributed by atoms with E-state index in [2.05, 4.69) is 22.0 Å². The van der Waals surface area contributed by atoms with Gasteiger partial charge in [-0.1, -0.05) is 13.3 Å². The van der Waals surface area contributed by atoms with E-state index < -0.39 is 0 Å². The quantitative estimate of drug-likeness (QED) is 0.871. The molecule has 0 aliphatic carbocycles. The molecule has 2 heterocycles. The summed E-state index contributed by atoms with van der Waals surface area (Å²) in [5.74, 6) is 1.33. The van der Waals surface area contributed by atoms with Crippen LogP contribution in [0.25, 0.3) is 11.3 Å². The molecule has 0 aliphatic heterocycles. The fraction of sp³-hybridized carbons (Fsp3) is 0.417. The Bertz CT molecular complexity index is 503. The maximum Gasteiger partial charge on any atom is 0.131 e. The van der Waals surface area contributed by atoms with Gasteiger partial charge < -0.3 is 5.73 Å². The van der Waals surface area contributed by atoms with Crippen LogP contribution in [0.2, 0.25) is 0 Å². The summed E-state index contributed by atoms with van der Waals surface area (Å²) in [5, 5.41) is 4.13. The molecule has 2 aromatic rings. The van der Waals surface area contributed by atoms with Crippen molar-refractivity contribution < 1.29 is 0 Å². The number of aromatic nitrogens is 4. The summed E-state index contributed by atoms with van der Waals surface area (Å²) in [7, 11) is 1.88. The zero-order chi connectivity index (χ0) is 12.3. The normalized spacial score (nSPS) is 10.7. The van der Waals surface area contributed by atoms with E-state index >= 15 is 0 Å². The Labute approximate surface area is 101 Å². The predicted octanol–water partition coefficient (Wildman–Crippen LogP) is 1.80. The van der Waals surface area contributed by atoms with E-state index in [1.54, 1.807) is 16.9 Å². The van der Waals surface area contributed by atoms with Gasteiger partial charge in [-0.3, -0.25) is 4.68 Å². The van der Waals surface area contributed by atoms with Gasteiger partial charge in [-0.25, -0.2) is 9.97 Å². The number of nitrogens with zero attached hydrogens (tertiary/aromatic N) is 4. The van der Waals surface area contributed by atoms with Gasteiger partial charge >= 0.3 is 0 Å². The molecule has 0 amide bonds. The molecule has 5 nitrogen and oxygen atoms in total. The monoisotopic (exact) mass is 231 g/mol. The zero-order valence-electron chi connectivity index (χ0n) is 10.2. The van der Waals surface area contributed by atoms with Crippen LogP contribution in [0.1, 0.15) is 25.6 Å². The molecule has 0 unspecified atom stereocenters. The Morgan fingerprint density at radius 2 is 2.18 bits per heavy atom. The van der Waals surface area contributed by atoms with Crippen molar-refractivity contribution in [2.75, 3.05) is 5.73 Å². The fourth-order valence-corrected chi connectivity index (χ4v) is 1.67. The first-order valence-electron chi connectivity index (χ1n) is 5.81. The highest BCUT2D eigenvalue weighted by atomic mass is 15.2. The molecule has 0 aliphatic rings. The Kier molecular flexibility index (Phi) is 3.37. The van der Waals surface area contributed by atoms with Crippen molar-refractivity contribution in [2.45, 2.75) is 26.2 Å². The van der Waals surface area contributed by atoms with Crippen LogP contribution in [0.3, 0.4) is 0 Å². The van der Waals surface area contributed by atoms with Crippen molar-refractivity contribution in [3.05, 3.63) is 24.3 Å². The Morgan fingerprint density at radius 3 is 2.82 bits per heavy atom. The second-order valence-electron chi connectivity index (χ2n) is 4.10. The van der Waals surface area contributed by atoms with Crippen LogP contribution in [0.4, 0.5) is 5.82 Å². The molecule has 0 atom stereocenters. The van der Waals surface area contributed by atoms with Crippen LogP contribution in [0, 0.1) is 0 Å². The number of hydrogen-bond acceptors (Lipinski definition) is 4. The van der Waals surface area contributed by atoms with Crippen molar-refractivity contribution in [1.82, 2.24) is 19.7 Å². The number of unbranched alkanes of at least 4 members (excludes halogenated alkanes) is 1. The molecule has 0 radical (unpaired) electrons. The molecular formula is C12H17N5. The lowest BCUT2D eigenvalue weighted by Crippen LogP contribution is -2.01. The lowest BCUT2D eigenvalue weighted by Gasteiger charge is -2.03. The molecule has 2 aromatic heterocycles. The molecular weight excluding hydrogens is 214 g/mol. The van der Waals surface area contributed by atoms with Gasteiger partial charge in [-0.15, -0.1) is 0 Å². The molecule has 0 spiro atoms. The fourth-order valence-electron chi connectivity index (χ4n) is 1.67. The summed E-state index contributed by atoms with van der Waals surface area (Å²) in [6, 6.07) is 1.78. The van der Waals surface area contributed by atoms with E-state index in [-0.39, 0.29) is 0 Å². The van der Waals surface area contributed by atoms with Crippen LogP contribution in [-0.2, 0) is 13.5 Å². The number of nitrogens with two attached hydrogens (primary N) is 1. The number of nitrogen functional groups attached to an aromatic ring is 1. The molecule has 0 fully saturated rings. The number of anilines is 1. The highest BCUT2D eigenvalue weighted by Gasteiger charge is 2.06. The van der Waals surface area contributed by atoms with Crippen LogP contribution >= 0.6 is 0 Å². The summed E-state index contributed by atoms with van der Waals surface area (Å²) in [4.78, 5) is 8.75. The average molecular weight is 231 g/mol. The minimum atomic E-state index is 0.518. The molecule has 90 valence electrons. The topological polar surface area (TPSA) is 69.6 Å². The number of aryl methyl sites for hydroxylation is 2. The smallest absolute Gasteiger partial charge is 0.131 e. The minimum Gasteiger partial charge on any atom is -0.384 e. The molecule has 0 aromatic carbocycles. The van der Waals surface area contributed by atoms with Crippen LogP contribution < -0.4 is 5.73 Å². The molecule has 5 heteroatoms. The molecule has 2 rings (SSSR count). The van der Waals surface area contributed by atoms with Gasteiger partial charge in [0.1, 0.15) is 11.6 Å². The average Bonchev–Trinajstić information content (AvgIpc) is 2.72. The highest BCUT2D eigenvalue weighted by Crippen LogP contribution is 2.18. The van der Waals surface area contributed by atoms with Gasteiger partial charge in [0, 0.05) is 31.3 Å². The lowest BCUT2D eigenvalue weighted by molar-refractivity contribution is 0.754. The van der Waals surface area contributed by atoms with E-state index in [0.717, 1.165) is 36.3 Å². The molecule has 2 N–H and O–H groups in total. The summed E-state index contributed by atoms with van der Waals surface area (Å²) >= 11 is 0.